The summed E-state index contributed by atoms with van der Waals surface area (Å²) in [6.45, 7) is 3.17. The molecule has 144 valence electrons. The van der Waals surface area contributed by atoms with Gasteiger partial charge in [0.05, 0.1) is 17.5 Å². The Balaban J connectivity index is 1.94. The summed E-state index contributed by atoms with van der Waals surface area (Å²) in [7, 11) is 0. The number of halogens is 3. The number of piperidine rings is 1. The molecular formula is C21H22F3NO2. The van der Waals surface area contributed by atoms with Crippen LogP contribution in [0.1, 0.15) is 41.1 Å². The second-order valence-corrected chi connectivity index (χ2v) is 7.03. The van der Waals surface area contributed by atoms with E-state index >= 15 is 0 Å². The van der Waals surface area contributed by atoms with Gasteiger partial charge in [-0.2, -0.15) is 13.2 Å². The average molecular weight is 377 g/mol. The van der Waals surface area contributed by atoms with Gasteiger partial charge in [0.25, 0.3) is 0 Å². The van der Waals surface area contributed by atoms with Gasteiger partial charge in [0.1, 0.15) is 0 Å². The molecule has 1 fully saturated rings. The first-order valence-corrected chi connectivity index (χ1v) is 8.97. The van der Waals surface area contributed by atoms with E-state index in [-0.39, 0.29) is 12.0 Å². The molecule has 1 saturated heterocycles. The third-order valence-corrected chi connectivity index (χ3v) is 5.28. The van der Waals surface area contributed by atoms with Crippen LogP contribution in [0.15, 0.2) is 48.5 Å². The summed E-state index contributed by atoms with van der Waals surface area (Å²) in [4.78, 5) is 13.4. The molecule has 0 aliphatic carbocycles. The van der Waals surface area contributed by atoms with E-state index in [1.54, 1.807) is 0 Å². The minimum atomic E-state index is -4.36. The summed E-state index contributed by atoms with van der Waals surface area (Å²) in [5.74, 6) is -1.14. The highest BCUT2D eigenvalue weighted by Gasteiger charge is 2.33. The molecule has 0 spiro atoms. The van der Waals surface area contributed by atoms with E-state index in [1.807, 2.05) is 31.2 Å². The molecule has 2 aromatic rings. The molecule has 1 unspecified atom stereocenters. The van der Waals surface area contributed by atoms with E-state index in [0.29, 0.717) is 25.9 Å². The van der Waals surface area contributed by atoms with E-state index in [9.17, 15) is 23.1 Å². The van der Waals surface area contributed by atoms with Crippen molar-refractivity contribution in [2.75, 3.05) is 13.1 Å². The Morgan fingerprint density at radius 3 is 2.19 bits per heavy atom. The minimum absolute atomic E-state index is 0.191. The minimum Gasteiger partial charge on any atom is -0.481 e. The lowest BCUT2D eigenvalue weighted by molar-refractivity contribution is -0.143. The van der Waals surface area contributed by atoms with Crippen molar-refractivity contribution in [2.45, 2.75) is 32.0 Å². The average Bonchev–Trinajstić information content (AvgIpc) is 2.64. The van der Waals surface area contributed by atoms with E-state index in [2.05, 4.69) is 4.90 Å². The molecule has 1 N–H and O–H groups in total. The standard InChI is InChI=1S/C21H22F3NO2/c1-14-4-2-3-5-18(14)19(25-12-10-16(11-13-25)20(26)27)15-6-8-17(9-7-15)21(22,23)24/h2-9,16,19H,10-13H2,1H3,(H,26,27). The molecule has 6 heteroatoms. The van der Waals surface area contributed by atoms with E-state index in [4.69, 9.17) is 0 Å². The topological polar surface area (TPSA) is 40.5 Å². The van der Waals surface area contributed by atoms with Gasteiger partial charge in [-0.05, 0) is 61.7 Å². The zero-order chi connectivity index (χ0) is 19.6. The number of aliphatic carboxylic acids is 1. The summed E-state index contributed by atoms with van der Waals surface area (Å²) < 4.78 is 38.7. The third-order valence-electron chi connectivity index (χ3n) is 5.28. The van der Waals surface area contributed by atoms with Crippen molar-refractivity contribution in [3.05, 3.63) is 70.8 Å². The van der Waals surface area contributed by atoms with Crippen LogP contribution in [0.25, 0.3) is 0 Å². The van der Waals surface area contributed by atoms with Gasteiger partial charge < -0.3 is 5.11 Å². The Bertz CT molecular complexity index is 794. The second kappa shape index (κ2) is 7.72. The van der Waals surface area contributed by atoms with Crippen LogP contribution < -0.4 is 0 Å². The van der Waals surface area contributed by atoms with Crippen LogP contribution in [0.3, 0.4) is 0 Å². The van der Waals surface area contributed by atoms with Crippen LogP contribution in [0, 0.1) is 12.8 Å². The highest BCUT2D eigenvalue weighted by atomic mass is 19.4. The number of carbonyl (C=O) groups is 1. The van der Waals surface area contributed by atoms with Crippen molar-refractivity contribution in [3.8, 4) is 0 Å². The number of aryl methyl sites for hydroxylation is 1. The first-order valence-electron chi connectivity index (χ1n) is 8.97. The Kier molecular flexibility index (Phi) is 5.56. The number of alkyl halides is 3. The van der Waals surface area contributed by atoms with E-state index in [0.717, 1.165) is 28.8 Å². The molecule has 1 aliphatic heterocycles. The van der Waals surface area contributed by atoms with Crippen molar-refractivity contribution in [2.24, 2.45) is 5.92 Å². The second-order valence-electron chi connectivity index (χ2n) is 7.03. The fraction of sp³-hybridized carbons (Fsp3) is 0.381. The van der Waals surface area contributed by atoms with Gasteiger partial charge in [-0.15, -0.1) is 0 Å². The van der Waals surface area contributed by atoms with E-state index < -0.39 is 17.7 Å². The molecule has 2 aromatic carbocycles. The Morgan fingerprint density at radius 1 is 1.07 bits per heavy atom. The maximum Gasteiger partial charge on any atom is 0.416 e. The number of carboxylic acids is 1. The number of benzene rings is 2. The lowest BCUT2D eigenvalue weighted by atomic mass is 9.89. The number of hydrogen-bond donors (Lipinski definition) is 1. The van der Waals surface area contributed by atoms with Crippen LogP contribution in [0.4, 0.5) is 13.2 Å². The van der Waals surface area contributed by atoms with E-state index in [1.165, 1.54) is 12.1 Å². The van der Waals surface area contributed by atoms with Gasteiger partial charge in [0.15, 0.2) is 0 Å². The zero-order valence-electron chi connectivity index (χ0n) is 15.0. The fourth-order valence-electron chi connectivity index (χ4n) is 3.74. The molecule has 0 radical (unpaired) electrons. The summed E-state index contributed by atoms with van der Waals surface area (Å²) >= 11 is 0. The molecular weight excluding hydrogens is 355 g/mol. The van der Waals surface area contributed by atoms with Crippen molar-refractivity contribution in [3.63, 3.8) is 0 Å². The molecule has 0 saturated carbocycles. The van der Waals surface area contributed by atoms with Gasteiger partial charge in [-0.3, -0.25) is 9.69 Å². The van der Waals surface area contributed by atoms with Gasteiger partial charge in [-0.25, -0.2) is 0 Å². The molecule has 0 aromatic heterocycles. The highest BCUT2D eigenvalue weighted by Crippen LogP contribution is 2.36. The summed E-state index contributed by atoms with van der Waals surface area (Å²) in [6, 6.07) is 12.9. The monoisotopic (exact) mass is 377 g/mol. The highest BCUT2D eigenvalue weighted by molar-refractivity contribution is 5.70. The number of likely N-dealkylation sites (tertiary alicyclic amines) is 1. The first-order chi connectivity index (χ1) is 12.8. The molecule has 0 amide bonds. The lowest BCUT2D eigenvalue weighted by Gasteiger charge is -2.37. The summed E-state index contributed by atoms with van der Waals surface area (Å²) in [6.07, 6.45) is -3.28. The Morgan fingerprint density at radius 2 is 1.67 bits per heavy atom. The number of hydrogen-bond acceptors (Lipinski definition) is 2. The lowest BCUT2D eigenvalue weighted by Crippen LogP contribution is -2.39. The number of carboxylic acid groups (broad SMARTS) is 1. The molecule has 1 aliphatic rings. The predicted octanol–water partition coefficient (Wildman–Crippen LogP) is 4.90. The largest absolute Gasteiger partial charge is 0.481 e. The van der Waals surface area contributed by atoms with Crippen LogP contribution in [-0.2, 0) is 11.0 Å². The molecule has 0 bridgehead atoms. The molecule has 3 nitrogen and oxygen atoms in total. The smallest absolute Gasteiger partial charge is 0.416 e. The normalized spacial score (nSPS) is 17.6. The maximum atomic E-state index is 12.9. The molecule has 27 heavy (non-hydrogen) atoms. The molecule has 1 heterocycles. The van der Waals surface area contributed by atoms with Crippen molar-refractivity contribution < 1.29 is 23.1 Å². The van der Waals surface area contributed by atoms with Gasteiger partial charge in [0.2, 0.25) is 0 Å². The van der Waals surface area contributed by atoms with Crippen LogP contribution in [-0.4, -0.2) is 29.1 Å². The van der Waals surface area contributed by atoms with Gasteiger partial charge in [0, 0.05) is 0 Å². The van der Waals surface area contributed by atoms with Crippen molar-refractivity contribution >= 4 is 5.97 Å². The van der Waals surface area contributed by atoms with Crippen LogP contribution in [0.2, 0.25) is 0 Å². The molecule has 1 atom stereocenters. The number of rotatable bonds is 4. The Labute approximate surface area is 156 Å². The first kappa shape index (κ1) is 19.4. The Hall–Kier alpha value is -2.34. The SMILES string of the molecule is Cc1ccccc1C(c1ccc(C(F)(F)F)cc1)N1CCC(C(=O)O)CC1. The third kappa shape index (κ3) is 4.33. The zero-order valence-corrected chi connectivity index (χ0v) is 15.0. The number of nitrogens with zero attached hydrogens (tertiary/aromatic N) is 1. The quantitative estimate of drug-likeness (QED) is 0.824. The predicted molar refractivity (Wildman–Crippen MR) is 96.4 cm³/mol. The van der Waals surface area contributed by atoms with Gasteiger partial charge >= 0.3 is 12.1 Å². The fourth-order valence-corrected chi connectivity index (χ4v) is 3.74. The van der Waals surface area contributed by atoms with Gasteiger partial charge in [-0.1, -0.05) is 36.4 Å². The maximum absolute atomic E-state index is 12.9. The molecule has 3 rings (SSSR count). The summed E-state index contributed by atoms with van der Waals surface area (Å²) in [5, 5.41) is 9.22. The van der Waals surface area contributed by atoms with Crippen LogP contribution >= 0.6 is 0 Å². The van der Waals surface area contributed by atoms with Crippen LogP contribution in [0.5, 0.6) is 0 Å². The summed E-state index contributed by atoms with van der Waals surface area (Å²) in [5.41, 5.74) is 2.21. The van der Waals surface area contributed by atoms with Crippen molar-refractivity contribution in [1.82, 2.24) is 4.90 Å². The van der Waals surface area contributed by atoms with Crippen molar-refractivity contribution in [1.29, 1.82) is 0 Å².